The molecule has 0 saturated heterocycles. The molecule has 0 radical (unpaired) electrons. The van der Waals surface area contributed by atoms with E-state index in [0.29, 0.717) is 0 Å². The van der Waals surface area contributed by atoms with E-state index in [1.165, 1.54) is 0 Å². The summed E-state index contributed by atoms with van der Waals surface area (Å²) >= 11 is 0. The van der Waals surface area contributed by atoms with Gasteiger partial charge in [0.2, 0.25) is 0 Å². The molecule has 64 valence electrons. The summed E-state index contributed by atoms with van der Waals surface area (Å²) < 4.78 is 0. The van der Waals surface area contributed by atoms with E-state index in [4.69, 9.17) is 10.8 Å². The Morgan fingerprint density at radius 3 is 1.90 bits per heavy atom. The first kappa shape index (κ1) is 12.5. The summed E-state index contributed by atoms with van der Waals surface area (Å²) in [5.41, 5.74) is 5.22. The highest BCUT2D eigenvalue weighted by Crippen LogP contribution is 1.79. The lowest BCUT2D eigenvalue weighted by Crippen LogP contribution is -2.22. The smallest absolute Gasteiger partial charge is 0.0582 e. The predicted molar refractivity (Wildman–Crippen MR) is 45.0 cm³/mol. The summed E-state index contributed by atoms with van der Waals surface area (Å²) in [4.78, 5) is 0. The number of nitrogens with two attached hydrogens (primary N) is 1. The van der Waals surface area contributed by atoms with Crippen LogP contribution < -0.4 is 11.1 Å². The minimum Gasteiger partial charge on any atom is -0.395 e. The zero-order chi connectivity index (χ0) is 8.41. The summed E-state index contributed by atoms with van der Waals surface area (Å²) in [7, 11) is 1.93. The van der Waals surface area contributed by atoms with Crippen LogP contribution in [0, 0.1) is 0 Å². The van der Waals surface area contributed by atoms with E-state index in [1.54, 1.807) is 0 Å². The van der Waals surface area contributed by atoms with Gasteiger partial charge in [-0.05, 0) is 20.0 Å². The molecule has 0 fully saturated rings. The average molecular weight is 148 g/mol. The van der Waals surface area contributed by atoms with Crippen LogP contribution in [0.15, 0.2) is 0 Å². The molecule has 0 aliphatic carbocycles. The van der Waals surface area contributed by atoms with Crippen molar-refractivity contribution < 1.29 is 5.11 Å². The molecule has 0 amide bonds. The molecule has 0 spiro atoms. The van der Waals surface area contributed by atoms with E-state index in [-0.39, 0.29) is 12.6 Å². The number of hydrogen-bond donors (Lipinski definition) is 3. The largest absolute Gasteiger partial charge is 0.395 e. The maximum Gasteiger partial charge on any atom is 0.0582 e. The third-order valence-corrected chi connectivity index (χ3v) is 1.11. The molecule has 1 atom stereocenters. The van der Waals surface area contributed by atoms with Crippen molar-refractivity contribution in [3.8, 4) is 0 Å². The first-order valence-electron chi connectivity index (χ1n) is 3.73. The fraction of sp³-hybridized carbons (Fsp3) is 1.00. The van der Waals surface area contributed by atoms with Crippen LogP contribution in [-0.4, -0.2) is 31.3 Å². The quantitative estimate of drug-likeness (QED) is 0.525. The minimum absolute atomic E-state index is 0.00926. The van der Waals surface area contributed by atoms with Crippen LogP contribution in [0.5, 0.6) is 0 Å². The van der Waals surface area contributed by atoms with Gasteiger partial charge in [-0.15, -0.1) is 0 Å². The van der Waals surface area contributed by atoms with E-state index >= 15 is 0 Å². The molecule has 0 aromatic heterocycles. The van der Waals surface area contributed by atoms with Crippen LogP contribution in [0.2, 0.25) is 0 Å². The maximum atomic E-state index is 8.21. The zero-order valence-electron chi connectivity index (χ0n) is 7.22. The molecule has 0 aliphatic rings. The maximum absolute atomic E-state index is 8.21. The van der Waals surface area contributed by atoms with Crippen molar-refractivity contribution in [1.82, 2.24) is 5.32 Å². The van der Waals surface area contributed by atoms with Crippen molar-refractivity contribution in [2.75, 3.05) is 20.2 Å². The molecule has 4 N–H and O–H groups in total. The van der Waals surface area contributed by atoms with E-state index in [2.05, 4.69) is 12.2 Å². The van der Waals surface area contributed by atoms with E-state index in [1.807, 2.05) is 14.0 Å². The van der Waals surface area contributed by atoms with Crippen LogP contribution in [0.25, 0.3) is 0 Å². The number of nitrogens with one attached hydrogen (secondary N) is 1. The number of aliphatic hydroxyl groups excluding tert-OH is 1. The lowest BCUT2D eigenvalue weighted by molar-refractivity contribution is 0.263. The molecule has 0 aromatic carbocycles. The predicted octanol–water partition coefficient (Wildman–Crippen LogP) is -0.0583. The van der Waals surface area contributed by atoms with Gasteiger partial charge >= 0.3 is 0 Å². The molecule has 0 aromatic rings. The van der Waals surface area contributed by atoms with Crippen molar-refractivity contribution in [3.05, 3.63) is 0 Å². The second-order valence-electron chi connectivity index (χ2n) is 2.06. The molecule has 10 heavy (non-hydrogen) atoms. The Hall–Kier alpha value is -0.120. The first-order chi connectivity index (χ1) is 4.72. The highest BCUT2D eigenvalue weighted by molar-refractivity contribution is 4.51. The second kappa shape index (κ2) is 11.6. The summed E-state index contributed by atoms with van der Waals surface area (Å²) in [6.07, 6.45) is 0.858. The molecular formula is C7H20N2O. The number of hydrogen-bond acceptors (Lipinski definition) is 3. The van der Waals surface area contributed by atoms with Gasteiger partial charge in [-0.25, -0.2) is 0 Å². The van der Waals surface area contributed by atoms with Crippen molar-refractivity contribution in [2.45, 2.75) is 26.3 Å². The number of aliphatic hydroxyl groups is 1. The van der Waals surface area contributed by atoms with E-state index in [9.17, 15) is 0 Å². The van der Waals surface area contributed by atoms with Crippen LogP contribution in [0.1, 0.15) is 20.3 Å². The molecule has 1 unspecified atom stereocenters. The molecular weight excluding hydrogens is 128 g/mol. The Balaban J connectivity index is 0. The Morgan fingerprint density at radius 1 is 1.50 bits per heavy atom. The lowest BCUT2D eigenvalue weighted by Gasteiger charge is -1.98. The van der Waals surface area contributed by atoms with Crippen molar-refractivity contribution in [1.29, 1.82) is 0 Å². The third kappa shape index (κ3) is 15.7. The zero-order valence-corrected chi connectivity index (χ0v) is 7.22. The topological polar surface area (TPSA) is 58.3 Å². The molecule has 3 nitrogen and oxygen atoms in total. The fourth-order valence-corrected chi connectivity index (χ4v) is 0.129. The fourth-order valence-electron chi connectivity index (χ4n) is 0.129. The molecule has 0 rings (SSSR count). The van der Waals surface area contributed by atoms with Gasteiger partial charge < -0.3 is 16.2 Å². The van der Waals surface area contributed by atoms with Gasteiger partial charge in [0, 0.05) is 6.04 Å². The van der Waals surface area contributed by atoms with Crippen molar-refractivity contribution in [3.63, 3.8) is 0 Å². The molecule has 0 aliphatic heterocycles. The highest BCUT2D eigenvalue weighted by atomic mass is 16.3. The SMILES string of the molecule is CCC(N)CO.CCNC. The summed E-state index contributed by atoms with van der Waals surface area (Å²) in [5.74, 6) is 0. The van der Waals surface area contributed by atoms with E-state index in [0.717, 1.165) is 13.0 Å². The standard InChI is InChI=1S/C4H11NO.C3H9N/c1-2-4(5)3-6;1-3-4-2/h4,6H,2-3,5H2,1H3;4H,3H2,1-2H3. The highest BCUT2D eigenvalue weighted by Gasteiger charge is 1.90. The normalized spacial score (nSPS) is 11.7. The van der Waals surface area contributed by atoms with Crippen molar-refractivity contribution >= 4 is 0 Å². The van der Waals surface area contributed by atoms with E-state index < -0.39 is 0 Å². The van der Waals surface area contributed by atoms with Crippen LogP contribution >= 0.6 is 0 Å². The second-order valence-corrected chi connectivity index (χ2v) is 2.06. The monoisotopic (exact) mass is 148 g/mol. The Bertz CT molecular complexity index is 44.9. The van der Waals surface area contributed by atoms with Gasteiger partial charge in [0.25, 0.3) is 0 Å². The first-order valence-corrected chi connectivity index (χ1v) is 3.73. The average Bonchev–Trinajstić information content (AvgIpc) is 2.03. The van der Waals surface area contributed by atoms with Gasteiger partial charge in [0.15, 0.2) is 0 Å². The van der Waals surface area contributed by atoms with Gasteiger partial charge in [0.05, 0.1) is 6.61 Å². The minimum atomic E-state index is -0.00926. The Morgan fingerprint density at radius 2 is 1.90 bits per heavy atom. The van der Waals surface area contributed by atoms with Gasteiger partial charge in [-0.2, -0.15) is 0 Å². The molecule has 0 heterocycles. The number of rotatable bonds is 3. The molecule has 0 saturated carbocycles. The molecule has 3 heteroatoms. The third-order valence-electron chi connectivity index (χ3n) is 1.11. The van der Waals surface area contributed by atoms with Crippen LogP contribution in [0.3, 0.4) is 0 Å². The lowest BCUT2D eigenvalue weighted by atomic mass is 10.3. The van der Waals surface area contributed by atoms with Gasteiger partial charge in [0.1, 0.15) is 0 Å². The Kier molecular flexibility index (Phi) is 14.6. The van der Waals surface area contributed by atoms with Crippen LogP contribution in [-0.2, 0) is 0 Å². The summed E-state index contributed by atoms with van der Waals surface area (Å²) in [6.45, 7) is 5.19. The summed E-state index contributed by atoms with van der Waals surface area (Å²) in [5, 5.41) is 11.1. The Labute approximate surface area is 63.6 Å². The van der Waals surface area contributed by atoms with Gasteiger partial charge in [-0.3, -0.25) is 0 Å². The van der Waals surface area contributed by atoms with Crippen LogP contribution in [0.4, 0.5) is 0 Å². The van der Waals surface area contributed by atoms with Crippen molar-refractivity contribution in [2.24, 2.45) is 5.73 Å². The molecule has 0 bridgehead atoms. The summed E-state index contributed by atoms with van der Waals surface area (Å²) in [6, 6.07) is -0.00926. The van der Waals surface area contributed by atoms with Gasteiger partial charge in [-0.1, -0.05) is 13.8 Å².